The number of hydrogen-bond donors (Lipinski definition) is 2. The molecular formula is C12H18N2O. The normalized spacial score (nSPS) is 28.5. The molecule has 0 aliphatic heterocycles. The van der Waals surface area contributed by atoms with Crippen molar-refractivity contribution < 1.29 is 5.11 Å². The highest BCUT2D eigenvalue weighted by Gasteiger charge is 2.48. The second-order valence-corrected chi connectivity index (χ2v) is 4.96. The largest absolute Gasteiger partial charge is 0.382 e. The summed E-state index contributed by atoms with van der Waals surface area (Å²) in [5, 5.41) is 10.7. The Bertz CT molecular complexity index is 376. The van der Waals surface area contributed by atoms with Crippen LogP contribution in [0.25, 0.3) is 0 Å². The van der Waals surface area contributed by atoms with Crippen LogP contribution in [-0.2, 0) is 12.0 Å². The first-order valence-corrected chi connectivity index (χ1v) is 5.38. The molecule has 1 unspecified atom stereocenters. The Kier molecular flexibility index (Phi) is 2.32. The van der Waals surface area contributed by atoms with E-state index in [0.717, 1.165) is 24.1 Å². The standard InChI is InChI=1S/C12H18N2O/c1-11(2)6-5-9-4-3-7-14-10(9)12(11,15)8-13/h3-4,7,15H,5-6,8,13H2,1-2H3. The van der Waals surface area contributed by atoms with E-state index >= 15 is 0 Å². The summed E-state index contributed by atoms with van der Waals surface area (Å²) in [7, 11) is 0. The second-order valence-electron chi connectivity index (χ2n) is 4.96. The number of hydrogen-bond acceptors (Lipinski definition) is 3. The number of aliphatic hydroxyl groups is 1. The van der Waals surface area contributed by atoms with Crippen LogP contribution >= 0.6 is 0 Å². The van der Waals surface area contributed by atoms with E-state index in [1.54, 1.807) is 6.20 Å². The van der Waals surface area contributed by atoms with E-state index < -0.39 is 5.60 Å². The van der Waals surface area contributed by atoms with Crippen molar-refractivity contribution in [3.8, 4) is 0 Å². The number of pyridine rings is 1. The zero-order valence-electron chi connectivity index (χ0n) is 9.33. The van der Waals surface area contributed by atoms with Gasteiger partial charge in [-0.25, -0.2) is 0 Å². The maximum atomic E-state index is 10.7. The third kappa shape index (κ3) is 1.38. The summed E-state index contributed by atoms with van der Waals surface area (Å²) in [6, 6.07) is 3.94. The average molecular weight is 206 g/mol. The van der Waals surface area contributed by atoms with Gasteiger partial charge in [0.05, 0.1) is 5.69 Å². The van der Waals surface area contributed by atoms with Crippen molar-refractivity contribution in [3.05, 3.63) is 29.6 Å². The van der Waals surface area contributed by atoms with Gasteiger partial charge in [0.1, 0.15) is 5.60 Å². The molecule has 1 aromatic heterocycles. The van der Waals surface area contributed by atoms with E-state index in [1.165, 1.54) is 0 Å². The van der Waals surface area contributed by atoms with Crippen molar-refractivity contribution in [2.75, 3.05) is 6.54 Å². The van der Waals surface area contributed by atoms with Crippen LogP contribution in [0.15, 0.2) is 18.3 Å². The molecule has 0 saturated heterocycles. The molecule has 1 aromatic rings. The maximum absolute atomic E-state index is 10.7. The van der Waals surface area contributed by atoms with Gasteiger partial charge in [-0.3, -0.25) is 4.98 Å². The van der Waals surface area contributed by atoms with Crippen molar-refractivity contribution in [2.24, 2.45) is 11.1 Å². The zero-order valence-corrected chi connectivity index (χ0v) is 9.33. The zero-order chi connectivity index (χ0) is 11.1. The van der Waals surface area contributed by atoms with Gasteiger partial charge in [-0.2, -0.15) is 0 Å². The Morgan fingerprint density at radius 3 is 2.93 bits per heavy atom. The fraction of sp³-hybridized carbons (Fsp3) is 0.583. The van der Waals surface area contributed by atoms with E-state index in [2.05, 4.69) is 18.8 Å². The first-order valence-electron chi connectivity index (χ1n) is 5.38. The molecule has 1 heterocycles. The van der Waals surface area contributed by atoms with E-state index in [9.17, 15) is 5.11 Å². The molecule has 2 rings (SSSR count). The molecule has 1 atom stereocenters. The molecule has 1 aliphatic rings. The van der Waals surface area contributed by atoms with Crippen LogP contribution in [0.4, 0.5) is 0 Å². The van der Waals surface area contributed by atoms with Gasteiger partial charge in [-0.1, -0.05) is 19.9 Å². The highest BCUT2D eigenvalue weighted by molar-refractivity contribution is 5.31. The minimum atomic E-state index is -0.984. The van der Waals surface area contributed by atoms with Gasteiger partial charge >= 0.3 is 0 Å². The maximum Gasteiger partial charge on any atom is 0.124 e. The SMILES string of the molecule is CC1(C)CCc2cccnc2C1(O)CN. The highest BCUT2D eigenvalue weighted by Crippen LogP contribution is 2.46. The lowest BCUT2D eigenvalue weighted by atomic mass is 9.64. The van der Waals surface area contributed by atoms with Gasteiger partial charge in [-0.05, 0) is 24.5 Å². The van der Waals surface area contributed by atoms with Gasteiger partial charge < -0.3 is 10.8 Å². The number of rotatable bonds is 1. The second kappa shape index (κ2) is 3.29. The van der Waals surface area contributed by atoms with Crippen LogP contribution in [0.2, 0.25) is 0 Å². The van der Waals surface area contributed by atoms with E-state index in [1.807, 2.05) is 12.1 Å². The Balaban J connectivity index is 2.58. The third-order valence-corrected chi connectivity index (χ3v) is 3.72. The first kappa shape index (κ1) is 10.6. The predicted octanol–water partition coefficient (Wildman–Crippen LogP) is 1.20. The monoisotopic (exact) mass is 206 g/mol. The Morgan fingerprint density at radius 2 is 2.27 bits per heavy atom. The lowest BCUT2D eigenvalue weighted by Gasteiger charge is -2.45. The van der Waals surface area contributed by atoms with E-state index in [4.69, 9.17) is 5.73 Å². The van der Waals surface area contributed by atoms with Gasteiger partial charge in [0, 0.05) is 18.2 Å². The number of aryl methyl sites for hydroxylation is 1. The topological polar surface area (TPSA) is 59.1 Å². The molecule has 0 aromatic carbocycles. The number of aromatic nitrogens is 1. The minimum absolute atomic E-state index is 0.205. The molecule has 3 nitrogen and oxygen atoms in total. The van der Waals surface area contributed by atoms with Gasteiger partial charge in [-0.15, -0.1) is 0 Å². The highest BCUT2D eigenvalue weighted by atomic mass is 16.3. The first-order chi connectivity index (χ1) is 7.01. The molecule has 0 radical (unpaired) electrons. The van der Waals surface area contributed by atoms with Crippen molar-refractivity contribution in [2.45, 2.75) is 32.3 Å². The lowest BCUT2D eigenvalue weighted by Crippen LogP contribution is -2.51. The van der Waals surface area contributed by atoms with Crippen molar-refractivity contribution in [1.82, 2.24) is 4.98 Å². The number of nitrogens with zero attached hydrogens (tertiary/aromatic N) is 1. The van der Waals surface area contributed by atoms with Crippen LogP contribution in [0.5, 0.6) is 0 Å². The molecule has 0 fully saturated rings. The van der Waals surface area contributed by atoms with Gasteiger partial charge in [0.15, 0.2) is 0 Å². The molecular weight excluding hydrogens is 188 g/mol. The predicted molar refractivity (Wildman–Crippen MR) is 59.3 cm³/mol. The lowest BCUT2D eigenvalue weighted by molar-refractivity contribution is -0.0811. The van der Waals surface area contributed by atoms with Crippen LogP contribution in [0, 0.1) is 5.41 Å². The molecule has 82 valence electrons. The summed E-state index contributed by atoms with van der Waals surface area (Å²) < 4.78 is 0. The Labute approximate surface area is 90.3 Å². The summed E-state index contributed by atoms with van der Waals surface area (Å²) in [5.41, 5.74) is 6.45. The van der Waals surface area contributed by atoms with Gasteiger partial charge in [0.25, 0.3) is 0 Å². The third-order valence-electron chi connectivity index (χ3n) is 3.72. The van der Waals surface area contributed by atoms with Crippen LogP contribution in [-0.4, -0.2) is 16.6 Å². The van der Waals surface area contributed by atoms with E-state index in [-0.39, 0.29) is 12.0 Å². The van der Waals surface area contributed by atoms with E-state index in [0.29, 0.717) is 0 Å². The smallest absolute Gasteiger partial charge is 0.124 e. The number of fused-ring (bicyclic) bond motifs is 1. The Morgan fingerprint density at radius 1 is 1.53 bits per heavy atom. The summed E-state index contributed by atoms with van der Waals surface area (Å²) in [4.78, 5) is 4.31. The Hall–Kier alpha value is -0.930. The molecule has 3 heteroatoms. The van der Waals surface area contributed by atoms with Crippen LogP contribution < -0.4 is 5.73 Å². The van der Waals surface area contributed by atoms with Gasteiger partial charge in [0.2, 0.25) is 0 Å². The molecule has 0 saturated carbocycles. The molecule has 1 aliphatic carbocycles. The summed E-state index contributed by atoms with van der Waals surface area (Å²) in [5.74, 6) is 0. The summed E-state index contributed by atoms with van der Waals surface area (Å²) in [6.07, 6.45) is 3.64. The minimum Gasteiger partial charge on any atom is -0.382 e. The molecule has 3 N–H and O–H groups in total. The van der Waals surface area contributed by atoms with Crippen molar-refractivity contribution in [3.63, 3.8) is 0 Å². The average Bonchev–Trinajstić information content (AvgIpc) is 2.24. The quantitative estimate of drug-likeness (QED) is 0.726. The fourth-order valence-electron chi connectivity index (χ4n) is 2.36. The molecule has 15 heavy (non-hydrogen) atoms. The molecule has 0 spiro atoms. The fourth-order valence-corrected chi connectivity index (χ4v) is 2.36. The molecule has 0 amide bonds. The van der Waals surface area contributed by atoms with Crippen LogP contribution in [0.1, 0.15) is 31.5 Å². The summed E-state index contributed by atoms with van der Waals surface area (Å²) >= 11 is 0. The van der Waals surface area contributed by atoms with Crippen LogP contribution in [0.3, 0.4) is 0 Å². The molecule has 0 bridgehead atoms. The number of nitrogens with two attached hydrogens (primary N) is 1. The summed E-state index contributed by atoms with van der Waals surface area (Å²) in [6.45, 7) is 4.33. The van der Waals surface area contributed by atoms with Crippen molar-refractivity contribution in [1.29, 1.82) is 0 Å². The van der Waals surface area contributed by atoms with Crippen molar-refractivity contribution >= 4 is 0 Å².